The lowest BCUT2D eigenvalue weighted by Crippen LogP contribution is -2.46. The van der Waals surface area contributed by atoms with E-state index in [1.54, 1.807) is 27.8 Å². The van der Waals surface area contributed by atoms with Gasteiger partial charge in [0.05, 0.1) is 36.5 Å². The Morgan fingerprint density at radius 3 is 2.27 bits per heavy atom. The summed E-state index contributed by atoms with van der Waals surface area (Å²) in [6.45, 7) is 8.55. The molecule has 12 nitrogen and oxygen atoms in total. The molecule has 2 aromatic heterocycles. The first-order valence-electron chi connectivity index (χ1n) is 16.7. The van der Waals surface area contributed by atoms with Crippen LogP contribution in [0.2, 0.25) is 0 Å². The quantitative estimate of drug-likeness (QED) is 0.198. The number of ether oxygens (including phenoxy) is 3. The van der Waals surface area contributed by atoms with E-state index in [2.05, 4.69) is 50.3 Å². The van der Waals surface area contributed by atoms with Crippen LogP contribution in [0, 0.1) is 11.3 Å². The Morgan fingerprint density at radius 1 is 0.939 bits per heavy atom. The Labute approximate surface area is 285 Å². The molecule has 5 aromatic rings. The predicted octanol–water partition coefficient (Wildman–Crippen LogP) is 4.75. The molecule has 3 atom stereocenters. The van der Waals surface area contributed by atoms with Gasteiger partial charge in [-0.3, -0.25) is 4.68 Å². The zero-order valence-corrected chi connectivity index (χ0v) is 27.8. The van der Waals surface area contributed by atoms with Gasteiger partial charge in [-0.2, -0.15) is 15.5 Å². The molecule has 7 rings (SSSR count). The van der Waals surface area contributed by atoms with Crippen molar-refractivity contribution in [2.24, 2.45) is 0 Å². The molecule has 2 aliphatic rings. The molecule has 49 heavy (non-hydrogen) atoms. The number of piperazine rings is 1. The monoisotopic (exact) mass is 660 g/mol. The van der Waals surface area contributed by atoms with Crippen LogP contribution in [-0.4, -0.2) is 69.6 Å². The summed E-state index contributed by atoms with van der Waals surface area (Å²) in [7, 11) is 0. The summed E-state index contributed by atoms with van der Waals surface area (Å²) in [6.07, 6.45) is 5.68. The molecule has 2 aliphatic heterocycles. The third-order valence-corrected chi connectivity index (χ3v) is 9.36. The fourth-order valence-corrected chi connectivity index (χ4v) is 6.43. The van der Waals surface area contributed by atoms with E-state index in [9.17, 15) is 10.1 Å². The first-order chi connectivity index (χ1) is 24.0. The smallest absolute Gasteiger partial charge is 0.350 e. The van der Waals surface area contributed by atoms with Crippen molar-refractivity contribution < 1.29 is 14.2 Å². The molecule has 0 radical (unpaired) electrons. The van der Waals surface area contributed by atoms with Crippen LogP contribution in [0.3, 0.4) is 0 Å². The summed E-state index contributed by atoms with van der Waals surface area (Å²) in [5, 5.41) is 18.4. The number of hydrogen-bond donors (Lipinski definition) is 0. The Morgan fingerprint density at radius 2 is 1.61 bits per heavy atom. The summed E-state index contributed by atoms with van der Waals surface area (Å²) >= 11 is 0. The Kier molecular flexibility index (Phi) is 9.19. The molecule has 0 aliphatic carbocycles. The molecule has 2 fully saturated rings. The van der Waals surface area contributed by atoms with E-state index >= 15 is 0 Å². The molecule has 0 spiro atoms. The van der Waals surface area contributed by atoms with Crippen molar-refractivity contribution in [1.82, 2.24) is 24.1 Å². The molecule has 1 unspecified atom stereocenters. The Balaban J connectivity index is 0.928. The molecular weight excluding hydrogens is 620 g/mol. The fraction of sp³-hybridized carbons (Fsp3) is 0.351. The number of anilines is 2. The van der Waals surface area contributed by atoms with E-state index in [1.165, 1.54) is 4.68 Å². The van der Waals surface area contributed by atoms with Crippen LogP contribution in [0.1, 0.15) is 37.4 Å². The van der Waals surface area contributed by atoms with Crippen molar-refractivity contribution in [2.75, 3.05) is 49.2 Å². The summed E-state index contributed by atoms with van der Waals surface area (Å²) in [6, 6.07) is 27.8. The van der Waals surface area contributed by atoms with Gasteiger partial charge in [-0.05, 0) is 74.0 Å². The maximum atomic E-state index is 12.8. The molecule has 0 amide bonds. The average molecular weight is 661 g/mol. The highest BCUT2D eigenvalue weighted by atomic mass is 16.8. The summed E-state index contributed by atoms with van der Waals surface area (Å²) in [5.41, 5.74) is 4.16. The van der Waals surface area contributed by atoms with Crippen LogP contribution < -0.4 is 20.2 Å². The first-order valence-corrected chi connectivity index (χ1v) is 16.7. The number of nitrogens with zero attached hydrogens (tertiary/aromatic N) is 8. The van der Waals surface area contributed by atoms with Crippen LogP contribution in [0.4, 0.5) is 11.4 Å². The van der Waals surface area contributed by atoms with Gasteiger partial charge in [-0.15, -0.1) is 0 Å². The lowest BCUT2D eigenvalue weighted by molar-refractivity contribution is -0.190. The molecule has 2 saturated heterocycles. The van der Waals surface area contributed by atoms with E-state index in [0.29, 0.717) is 30.9 Å². The summed E-state index contributed by atoms with van der Waals surface area (Å²) in [5.74, 6) is -0.390. The Hall–Kier alpha value is -5.38. The second-order valence-corrected chi connectivity index (χ2v) is 12.4. The zero-order chi connectivity index (χ0) is 33.8. The summed E-state index contributed by atoms with van der Waals surface area (Å²) in [4.78, 5) is 17.5. The van der Waals surface area contributed by atoms with E-state index in [0.717, 1.165) is 55.4 Å². The number of rotatable bonds is 11. The molecule has 12 heteroatoms. The van der Waals surface area contributed by atoms with E-state index < -0.39 is 5.79 Å². The van der Waals surface area contributed by atoms with Crippen LogP contribution >= 0.6 is 0 Å². The lowest BCUT2D eigenvalue weighted by atomic mass is 10.00. The third kappa shape index (κ3) is 6.68. The van der Waals surface area contributed by atoms with E-state index in [4.69, 9.17) is 14.2 Å². The molecule has 0 bridgehead atoms. The van der Waals surface area contributed by atoms with Crippen LogP contribution in [0.5, 0.6) is 5.75 Å². The van der Waals surface area contributed by atoms with E-state index in [1.807, 2.05) is 68.6 Å². The van der Waals surface area contributed by atoms with Gasteiger partial charge in [-0.1, -0.05) is 25.1 Å². The molecule has 3 aromatic carbocycles. The topological polar surface area (TPSA) is 116 Å². The molecule has 0 saturated carbocycles. The van der Waals surface area contributed by atoms with Gasteiger partial charge in [-0.25, -0.2) is 14.0 Å². The van der Waals surface area contributed by atoms with Crippen molar-refractivity contribution >= 4 is 11.4 Å². The second kappa shape index (κ2) is 14.0. The number of benzene rings is 3. The molecular formula is C37H40N8O4. The van der Waals surface area contributed by atoms with Crippen molar-refractivity contribution in [3.63, 3.8) is 0 Å². The highest BCUT2D eigenvalue weighted by Crippen LogP contribution is 2.38. The van der Waals surface area contributed by atoms with Gasteiger partial charge in [0, 0.05) is 55.5 Å². The highest BCUT2D eigenvalue weighted by molar-refractivity contribution is 5.55. The molecule has 0 N–H and O–H groups in total. The van der Waals surface area contributed by atoms with Crippen molar-refractivity contribution in [3.05, 3.63) is 119 Å². The lowest BCUT2D eigenvalue weighted by Gasteiger charge is -2.37. The normalized spacial score (nSPS) is 19.9. The largest absolute Gasteiger partial charge is 0.491 e. The fourth-order valence-electron chi connectivity index (χ4n) is 6.43. The van der Waals surface area contributed by atoms with Gasteiger partial charge in [0.2, 0.25) is 5.79 Å². The van der Waals surface area contributed by atoms with Crippen molar-refractivity contribution in [2.45, 2.75) is 44.7 Å². The SMILES string of the molecule is CCC(C)n1ncn(-c2ccc(N3CCN(c4ccc(OC[C@@H]5CO[C@@](Cn6cccn6)(c6ccccc6C#N)O5)cc4)CC3)cc2)c1=O. The zero-order valence-electron chi connectivity index (χ0n) is 27.8. The van der Waals surface area contributed by atoms with Crippen LogP contribution in [-0.2, 0) is 21.8 Å². The average Bonchev–Trinajstić information content (AvgIpc) is 3.92. The van der Waals surface area contributed by atoms with Crippen LogP contribution in [0.25, 0.3) is 5.69 Å². The predicted molar refractivity (Wildman–Crippen MR) is 185 cm³/mol. The van der Waals surface area contributed by atoms with Crippen LogP contribution in [0.15, 0.2) is 102 Å². The third-order valence-electron chi connectivity index (χ3n) is 9.36. The summed E-state index contributed by atoms with van der Waals surface area (Å²) < 4.78 is 23.8. The van der Waals surface area contributed by atoms with Gasteiger partial charge in [0.1, 0.15) is 24.8 Å². The maximum Gasteiger partial charge on any atom is 0.350 e. The standard InChI is InChI=1S/C37H40N8O4/c1-3-28(2)45-36(46)44(27-40-45)32-11-9-30(10-12-32)41-19-21-42(22-20-41)31-13-15-33(16-14-31)47-24-34-25-48-37(49-34,26-43-18-6-17-39-43)35-8-5-4-7-29(35)23-38/h4-18,27-28,34H,3,19-22,24-26H2,1-2H3/t28?,34-,37-/m1/s1. The van der Waals surface area contributed by atoms with E-state index in [-0.39, 0.29) is 17.8 Å². The second-order valence-electron chi connectivity index (χ2n) is 12.4. The molecule has 252 valence electrons. The minimum absolute atomic E-state index is 0.0650. The minimum Gasteiger partial charge on any atom is -0.491 e. The highest BCUT2D eigenvalue weighted by Gasteiger charge is 2.45. The van der Waals surface area contributed by atoms with Crippen molar-refractivity contribution in [3.8, 4) is 17.5 Å². The van der Waals surface area contributed by atoms with Gasteiger partial charge in [0.25, 0.3) is 0 Å². The maximum absolute atomic E-state index is 12.8. The number of nitriles is 1. The minimum atomic E-state index is -1.14. The number of aromatic nitrogens is 5. The Bertz CT molecular complexity index is 1940. The van der Waals surface area contributed by atoms with Gasteiger partial charge < -0.3 is 24.0 Å². The van der Waals surface area contributed by atoms with Crippen molar-refractivity contribution in [1.29, 1.82) is 5.26 Å². The first kappa shape index (κ1) is 32.2. The molecule has 4 heterocycles. The van der Waals surface area contributed by atoms with Gasteiger partial charge in [0.15, 0.2) is 0 Å². The van der Waals surface area contributed by atoms with Gasteiger partial charge >= 0.3 is 5.69 Å². The number of hydrogen-bond acceptors (Lipinski definition) is 9.